The largest absolute Gasteiger partial charge is 0.467 e. The number of hydrogen-bond acceptors (Lipinski definition) is 5. The summed E-state index contributed by atoms with van der Waals surface area (Å²) >= 11 is 7.33. The molecule has 3 heterocycles. The van der Waals surface area contributed by atoms with Crippen LogP contribution in [0, 0.1) is 6.92 Å². The number of nitrogens with one attached hydrogen (secondary N) is 1. The third-order valence-corrected chi connectivity index (χ3v) is 5.80. The number of carbonyl (C=O) groups excluding carboxylic acids is 1. The van der Waals surface area contributed by atoms with Crippen LogP contribution in [0.2, 0.25) is 5.02 Å². The molecular formula is C20H18ClN3O3S. The van der Waals surface area contributed by atoms with E-state index in [0.717, 1.165) is 21.5 Å². The third kappa shape index (κ3) is 3.82. The summed E-state index contributed by atoms with van der Waals surface area (Å²) < 4.78 is 7.04. The summed E-state index contributed by atoms with van der Waals surface area (Å²) in [6.45, 7) is 2.60. The fourth-order valence-corrected chi connectivity index (χ4v) is 4.16. The number of halogens is 1. The van der Waals surface area contributed by atoms with Crippen LogP contribution in [0.4, 0.5) is 0 Å². The van der Waals surface area contributed by atoms with Gasteiger partial charge in [-0.1, -0.05) is 23.7 Å². The van der Waals surface area contributed by atoms with Gasteiger partial charge in [0.05, 0.1) is 29.9 Å². The van der Waals surface area contributed by atoms with Gasteiger partial charge in [-0.3, -0.25) is 9.48 Å². The molecule has 0 saturated heterocycles. The van der Waals surface area contributed by atoms with Crippen LogP contribution in [-0.4, -0.2) is 27.3 Å². The summed E-state index contributed by atoms with van der Waals surface area (Å²) in [5.41, 5.74) is 1.95. The Balaban J connectivity index is 1.51. The summed E-state index contributed by atoms with van der Waals surface area (Å²) in [5, 5.41) is 19.0. The zero-order chi connectivity index (χ0) is 19.7. The average Bonchev–Trinajstić information content (AvgIpc) is 3.41. The van der Waals surface area contributed by atoms with Crippen molar-refractivity contribution < 1.29 is 14.3 Å². The number of benzene rings is 1. The minimum atomic E-state index is -0.879. The molecule has 4 aromatic rings. The zero-order valence-corrected chi connectivity index (χ0v) is 16.6. The molecule has 1 atom stereocenters. The molecule has 0 saturated carbocycles. The van der Waals surface area contributed by atoms with Gasteiger partial charge in [-0.05, 0) is 42.8 Å². The second-order valence-corrected chi connectivity index (χ2v) is 7.91. The first kappa shape index (κ1) is 18.7. The molecule has 144 valence electrons. The van der Waals surface area contributed by atoms with Crippen LogP contribution in [0.5, 0.6) is 0 Å². The topological polar surface area (TPSA) is 80.3 Å². The van der Waals surface area contributed by atoms with E-state index in [1.807, 2.05) is 41.9 Å². The third-order valence-electron chi connectivity index (χ3n) is 4.40. The molecule has 0 aliphatic rings. The Morgan fingerprint density at radius 1 is 1.36 bits per heavy atom. The lowest BCUT2D eigenvalue weighted by Gasteiger charge is -2.08. The number of thiophene rings is 1. The van der Waals surface area contributed by atoms with Crippen LogP contribution >= 0.6 is 22.9 Å². The van der Waals surface area contributed by atoms with E-state index in [1.54, 1.807) is 12.1 Å². The zero-order valence-electron chi connectivity index (χ0n) is 15.1. The molecular weight excluding hydrogens is 398 g/mol. The SMILES string of the molecule is Cc1nn(Cc2ccc(Cl)cc2)c2sc(C(=O)NCC(O)c3ccco3)cc12. The normalized spacial score (nSPS) is 12.4. The Bertz CT molecular complexity index is 1100. The van der Waals surface area contributed by atoms with Crippen LogP contribution in [0.15, 0.2) is 53.1 Å². The van der Waals surface area contributed by atoms with Crippen LogP contribution in [-0.2, 0) is 6.54 Å². The first-order valence-corrected chi connectivity index (χ1v) is 9.92. The standard InChI is InChI=1S/C20H18ClN3O3S/c1-12-15-9-18(19(26)22-10-16(25)17-3-2-8-27-17)28-20(15)24(23-12)11-13-4-6-14(21)7-5-13/h2-9,16,25H,10-11H2,1H3,(H,22,26). The Kier molecular flexibility index (Phi) is 5.21. The van der Waals surface area contributed by atoms with Crippen LogP contribution in [0.1, 0.15) is 32.8 Å². The molecule has 4 rings (SSSR count). The van der Waals surface area contributed by atoms with Gasteiger partial charge in [0.2, 0.25) is 0 Å². The van der Waals surface area contributed by atoms with Gasteiger partial charge in [0, 0.05) is 10.4 Å². The van der Waals surface area contributed by atoms with Crippen molar-refractivity contribution in [1.29, 1.82) is 0 Å². The molecule has 0 bridgehead atoms. The molecule has 1 aromatic carbocycles. The maximum Gasteiger partial charge on any atom is 0.261 e. The molecule has 0 fully saturated rings. The van der Waals surface area contributed by atoms with Crippen molar-refractivity contribution >= 4 is 39.1 Å². The van der Waals surface area contributed by atoms with Gasteiger partial charge >= 0.3 is 0 Å². The highest BCUT2D eigenvalue weighted by atomic mass is 35.5. The molecule has 0 spiro atoms. The van der Waals surface area contributed by atoms with Crippen molar-refractivity contribution in [2.75, 3.05) is 6.54 Å². The molecule has 2 N–H and O–H groups in total. The van der Waals surface area contributed by atoms with E-state index < -0.39 is 6.10 Å². The van der Waals surface area contributed by atoms with Crippen LogP contribution in [0.25, 0.3) is 10.2 Å². The summed E-state index contributed by atoms with van der Waals surface area (Å²) in [7, 11) is 0. The summed E-state index contributed by atoms with van der Waals surface area (Å²) in [4.78, 5) is 14.0. The van der Waals surface area contributed by atoms with Crippen LogP contribution in [0.3, 0.4) is 0 Å². The van der Waals surface area contributed by atoms with E-state index in [-0.39, 0.29) is 12.5 Å². The number of hydrogen-bond donors (Lipinski definition) is 2. The number of rotatable bonds is 6. The highest BCUT2D eigenvalue weighted by molar-refractivity contribution is 7.20. The van der Waals surface area contributed by atoms with E-state index in [2.05, 4.69) is 10.4 Å². The number of fused-ring (bicyclic) bond motifs is 1. The Hall–Kier alpha value is -2.61. The molecule has 3 aromatic heterocycles. The van der Waals surface area contributed by atoms with Gasteiger partial charge < -0.3 is 14.8 Å². The molecule has 1 amide bonds. The number of aliphatic hydroxyl groups excluding tert-OH is 1. The van der Waals surface area contributed by atoms with Crippen molar-refractivity contribution in [3.63, 3.8) is 0 Å². The van der Waals surface area contributed by atoms with Gasteiger partial charge in [-0.15, -0.1) is 11.3 Å². The van der Waals surface area contributed by atoms with Gasteiger partial charge in [0.1, 0.15) is 16.7 Å². The van der Waals surface area contributed by atoms with E-state index in [1.165, 1.54) is 17.6 Å². The highest BCUT2D eigenvalue weighted by Gasteiger charge is 2.18. The quantitative estimate of drug-likeness (QED) is 0.495. The number of aryl methyl sites for hydroxylation is 1. The van der Waals surface area contributed by atoms with Gasteiger partial charge in [-0.25, -0.2) is 0 Å². The van der Waals surface area contributed by atoms with Crippen molar-refractivity contribution in [2.45, 2.75) is 19.6 Å². The molecule has 8 heteroatoms. The fourth-order valence-electron chi connectivity index (χ4n) is 2.95. The average molecular weight is 416 g/mol. The fraction of sp³-hybridized carbons (Fsp3) is 0.200. The van der Waals surface area contributed by atoms with Crippen molar-refractivity contribution in [3.8, 4) is 0 Å². The highest BCUT2D eigenvalue weighted by Crippen LogP contribution is 2.29. The second-order valence-electron chi connectivity index (χ2n) is 6.44. The first-order chi connectivity index (χ1) is 13.5. The van der Waals surface area contributed by atoms with Crippen LogP contribution < -0.4 is 5.32 Å². The lowest BCUT2D eigenvalue weighted by molar-refractivity contribution is 0.0905. The predicted molar refractivity (Wildman–Crippen MR) is 109 cm³/mol. The molecule has 6 nitrogen and oxygen atoms in total. The van der Waals surface area contributed by atoms with E-state index in [0.29, 0.717) is 22.2 Å². The molecule has 1 unspecified atom stereocenters. The predicted octanol–water partition coefficient (Wildman–Crippen LogP) is 4.16. The Morgan fingerprint density at radius 3 is 2.86 bits per heavy atom. The Labute approximate surface area is 170 Å². The second kappa shape index (κ2) is 7.79. The van der Waals surface area contributed by atoms with Crippen molar-refractivity contribution in [1.82, 2.24) is 15.1 Å². The Morgan fingerprint density at radius 2 is 2.14 bits per heavy atom. The van der Waals surface area contributed by atoms with Crippen molar-refractivity contribution in [2.24, 2.45) is 0 Å². The monoisotopic (exact) mass is 415 g/mol. The number of nitrogens with zero attached hydrogens (tertiary/aromatic N) is 2. The smallest absolute Gasteiger partial charge is 0.261 e. The van der Waals surface area contributed by atoms with Gasteiger partial charge in [0.25, 0.3) is 5.91 Å². The van der Waals surface area contributed by atoms with E-state index in [4.69, 9.17) is 16.0 Å². The van der Waals surface area contributed by atoms with Crippen molar-refractivity contribution in [3.05, 3.63) is 75.6 Å². The maximum absolute atomic E-state index is 12.5. The lowest BCUT2D eigenvalue weighted by atomic mass is 10.2. The lowest BCUT2D eigenvalue weighted by Crippen LogP contribution is -2.27. The number of aromatic nitrogens is 2. The summed E-state index contributed by atoms with van der Waals surface area (Å²) in [6.07, 6.45) is 0.608. The number of furan rings is 1. The summed E-state index contributed by atoms with van der Waals surface area (Å²) in [6, 6.07) is 12.8. The molecule has 0 radical (unpaired) electrons. The molecule has 28 heavy (non-hydrogen) atoms. The van der Waals surface area contributed by atoms with E-state index in [9.17, 15) is 9.90 Å². The maximum atomic E-state index is 12.5. The molecule has 0 aliphatic heterocycles. The minimum absolute atomic E-state index is 0.0798. The van der Waals surface area contributed by atoms with E-state index >= 15 is 0 Å². The minimum Gasteiger partial charge on any atom is -0.467 e. The number of amides is 1. The van der Waals surface area contributed by atoms with Gasteiger partial charge in [-0.2, -0.15) is 5.10 Å². The van der Waals surface area contributed by atoms with Gasteiger partial charge in [0.15, 0.2) is 0 Å². The first-order valence-electron chi connectivity index (χ1n) is 8.72. The number of aliphatic hydroxyl groups is 1. The number of carbonyl (C=O) groups is 1. The molecule has 0 aliphatic carbocycles. The summed E-state index contributed by atoms with van der Waals surface area (Å²) in [5.74, 6) is 0.190.